The summed E-state index contributed by atoms with van der Waals surface area (Å²) < 4.78 is 14.7. The van der Waals surface area contributed by atoms with Gasteiger partial charge in [-0.1, -0.05) is 86.2 Å². The molecule has 0 unspecified atom stereocenters. The lowest BCUT2D eigenvalue weighted by molar-refractivity contribution is 0.632. The van der Waals surface area contributed by atoms with E-state index in [9.17, 15) is 4.39 Å². The van der Waals surface area contributed by atoms with Crippen molar-refractivity contribution in [3.63, 3.8) is 0 Å². The first kappa shape index (κ1) is 19.1. The normalized spacial score (nSPS) is 11.2. The van der Waals surface area contributed by atoms with Gasteiger partial charge in [-0.3, -0.25) is 0 Å². The molecular formula is C26H27F. The average molecular weight is 358 g/mol. The van der Waals surface area contributed by atoms with Crippen molar-refractivity contribution >= 4 is 0 Å². The van der Waals surface area contributed by atoms with E-state index < -0.39 is 0 Å². The van der Waals surface area contributed by atoms with E-state index in [4.69, 9.17) is 0 Å². The van der Waals surface area contributed by atoms with Gasteiger partial charge in [0.15, 0.2) is 0 Å². The molecule has 3 aromatic carbocycles. The van der Waals surface area contributed by atoms with Crippen LogP contribution in [0.3, 0.4) is 0 Å². The second-order valence-corrected chi connectivity index (χ2v) is 6.95. The SMILES string of the molecule is C/C=C/CCc1ccc(-c2ccc(-c3ccc(CCC)cc3)c(F)c2)cc1. The molecule has 27 heavy (non-hydrogen) atoms. The van der Waals surface area contributed by atoms with Gasteiger partial charge in [0.25, 0.3) is 0 Å². The Balaban J connectivity index is 1.78. The summed E-state index contributed by atoms with van der Waals surface area (Å²) in [7, 11) is 0. The minimum Gasteiger partial charge on any atom is -0.206 e. The van der Waals surface area contributed by atoms with Crippen LogP contribution < -0.4 is 0 Å². The summed E-state index contributed by atoms with van der Waals surface area (Å²) in [5, 5.41) is 0. The quantitative estimate of drug-likeness (QED) is 0.381. The zero-order chi connectivity index (χ0) is 19.1. The Morgan fingerprint density at radius 1 is 0.741 bits per heavy atom. The van der Waals surface area contributed by atoms with Crippen molar-refractivity contribution in [2.24, 2.45) is 0 Å². The van der Waals surface area contributed by atoms with E-state index in [0.717, 1.165) is 42.4 Å². The molecule has 0 bridgehead atoms. The Bertz CT molecular complexity index is 886. The van der Waals surface area contributed by atoms with Gasteiger partial charge in [0.2, 0.25) is 0 Å². The number of aryl methyl sites for hydroxylation is 2. The van der Waals surface area contributed by atoms with Crippen molar-refractivity contribution in [2.45, 2.75) is 39.5 Å². The van der Waals surface area contributed by atoms with E-state index in [1.165, 1.54) is 11.1 Å². The summed E-state index contributed by atoms with van der Waals surface area (Å²) in [5.74, 6) is -0.173. The Morgan fingerprint density at radius 3 is 1.93 bits per heavy atom. The lowest BCUT2D eigenvalue weighted by Gasteiger charge is -2.09. The molecule has 3 aromatic rings. The van der Waals surface area contributed by atoms with E-state index in [0.29, 0.717) is 5.56 Å². The predicted molar refractivity (Wildman–Crippen MR) is 114 cm³/mol. The highest BCUT2D eigenvalue weighted by Gasteiger charge is 2.08. The zero-order valence-corrected chi connectivity index (χ0v) is 16.2. The molecule has 3 rings (SSSR count). The molecule has 0 heterocycles. The lowest BCUT2D eigenvalue weighted by atomic mass is 9.97. The van der Waals surface area contributed by atoms with E-state index in [1.54, 1.807) is 6.07 Å². The summed E-state index contributed by atoms with van der Waals surface area (Å²) in [6, 6.07) is 22.2. The zero-order valence-electron chi connectivity index (χ0n) is 16.2. The third-order valence-electron chi connectivity index (χ3n) is 4.90. The van der Waals surface area contributed by atoms with Gasteiger partial charge < -0.3 is 0 Å². The third-order valence-corrected chi connectivity index (χ3v) is 4.90. The molecule has 0 spiro atoms. The van der Waals surface area contributed by atoms with Gasteiger partial charge in [0.05, 0.1) is 0 Å². The number of rotatable bonds is 7. The number of hydrogen-bond acceptors (Lipinski definition) is 0. The van der Waals surface area contributed by atoms with Gasteiger partial charge >= 0.3 is 0 Å². The molecule has 0 saturated carbocycles. The van der Waals surface area contributed by atoms with Crippen LogP contribution in [0.5, 0.6) is 0 Å². The van der Waals surface area contributed by atoms with Crippen LogP contribution in [0.1, 0.15) is 37.8 Å². The van der Waals surface area contributed by atoms with Crippen LogP contribution in [0.15, 0.2) is 78.9 Å². The van der Waals surface area contributed by atoms with Crippen LogP contribution in [-0.4, -0.2) is 0 Å². The minimum atomic E-state index is -0.173. The molecule has 0 aromatic heterocycles. The van der Waals surface area contributed by atoms with Crippen molar-refractivity contribution in [3.05, 3.63) is 95.8 Å². The maximum Gasteiger partial charge on any atom is 0.131 e. The van der Waals surface area contributed by atoms with Crippen molar-refractivity contribution < 1.29 is 4.39 Å². The van der Waals surface area contributed by atoms with E-state index in [1.807, 2.05) is 31.2 Å². The summed E-state index contributed by atoms with van der Waals surface area (Å²) in [6.07, 6.45) is 8.53. The van der Waals surface area contributed by atoms with Crippen LogP contribution in [0.2, 0.25) is 0 Å². The molecule has 0 N–H and O–H groups in total. The highest BCUT2D eigenvalue weighted by Crippen LogP contribution is 2.28. The summed E-state index contributed by atoms with van der Waals surface area (Å²) in [5.41, 5.74) is 6.16. The highest BCUT2D eigenvalue weighted by atomic mass is 19.1. The molecule has 0 fully saturated rings. The third kappa shape index (κ3) is 4.95. The van der Waals surface area contributed by atoms with E-state index in [2.05, 4.69) is 55.5 Å². The van der Waals surface area contributed by atoms with E-state index in [-0.39, 0.29) is 5.82 Å². The number of halogens is 1. The Kier molecular flexibility index (Phi) is 6.59. The van der Waals surface area contributed by atoms with Gasteiger partial charge in [-0.15, -0.1) is 0 Å². The number of benzene rings is 3. The minimum absolute atomic E-state index is 0.173. The monoisotopic (exact) mass is 358 g/mol. The standard InChI is InChI=1S/C26H27F/c1-3-5-6-8-21-9-13-22(14-10-21)24-17-18-25(26(27)19-24)23-15-11-20(7-4-2)12-16-23/h3,5,9-19H,4,6-8H2,1-2H3/b5-3+. The van der Waals surface area contributed by atoms with Crippen molar-refractivity contribution in [1.82, 2.24) is 0 Å². The fraction of sp³-hybridized carbons (Fsp3) is 0.231. The van der Waals surface area contributed by atoms with E-state index >= 15 is 0 Å². The van der Waals surface area contributed by atoms with Gasteiger partial charge in [-0.2, -0.15) is 0 Å². The maximum atomic E-state index is 14.7. The van der Waals surface area contributed by atoms with Crippen LogP contribution in [0.4, 0.5) is 4.39 Å². The summed E-state index contributed by atoms with van der Waals surface area (Å²) >= 11 is 0. The number of hydrogen-bond donors (Lipinski definition) is 0. The fourth-order valence-electron chi connectivity index (χ4n) is 3.35. The maximum absolute atomic E-state index is 14.7. The Labute approximate surface area is 162 Å². The molecule has 0 atom stereocenters. The molecule has 0 aliphatic carbocycles. The number of allylic oxidation sites excluding steroid dienone is 2. The fourth-order valence-corrected chi connectivity index (χ4v) is 3.35. The molecule has 0 amide bonds. The van der Waals surface area contributed by atoms with Crippen LogP contribution >= 0.6 is 0 Å². The first-order valence-corrected chi connectivity index (χ1v) is 9.80. The average Bonchev–Trinajstić information content (AvgIpc) is 2.70. The van der Waals surface area contributed by atoms with Crippen molar-refractivity contribution in [2.75, 3.05) is 0 Å². The van der Waals surface area contributed by atoms with Gasteiger partial charge in [-0.05, 0) is 60.1 Å². The molecule has 0 radical (unpaired) electrons. The van der Waals surface area contributed by atoms with Gasteiger partial charge in [0.1, 0.15) is 5.82 Å². The molecule has 1 heteroatoms. The van der Waals surface area contributed by atoms with Gasteiger partial charge in [-0.25, -0.2) is 4.39 Å². The Hall–Kier alpha value is -2.67. The van der Waals surface area contributed by atoms with Crippen molar-refractivity contribution in [3.8, 4) is 22.3 Å². The van der Waals surface area contributed by atoms with Crippen LogP contribution in [0.25, 0.3) is 22.3 Å². The molecule has 0 saturated heterocycles. The lowest BCUT2D eigenvalue weighted by Crippen LogP contribution is -1.89. The van der Waals surface area contributed by atoms with Gasteiger partial charge in [0, 0.05) is 5.56 Å². The smallest absolute Gasteiger partial charge is 0.131 e. The second-order valence-electron chi connectivity index (χ2n) is 6.95. The molecule has 0 aliphatic heterocycles. The molecular weight excluding hydrogens is 331 g/mol. The van der Waals surface area contributed by atoms with Crippen LogP contribution in [-0.2, 0) is 12.8 Å². The largest absolute Gasteiger partial charge is 0.206 e. The second kappa shape index (κ2) is 9.32. The molecule has 138 valence electrons. The first-order chi connectivity index (χ1) is 13.2. The topological polar surface area (TPSA) is 0 Å². The van der Waals surface area contributed by atoms with Crippen molar-refractivity contribution in [1.29, 1.82) is 0 Å². The first-order valence-electron chi connectivity index (χ1n) is 9.80. The predicted octanol–water partition coefficient (Wildman–Crippen LogP) is 7.62. The summed E-state index contributed by atoms with van der Waals surface area (Å²) in [4.78, 5) is 0. The summed E-state index contributed by atoms with van der Waals surface area (Å²) in [6.45, 7) is 4.21. The molecule has 0 aliphatic rings. The Morgan fingerprint density at radius 2 is 1.33 bits per heavy atom. The van der Waals surface area contributed by atoms with Crippen LogP contribution in [0, 0.1) is 5.82 Å². The molecule has 0 nitrogen and oxygen atoms in total. The highest BCUT2D eigenvalue weighted by molar-refractivity contribution is 5.71.